The molecule has 0 saturated carbocycles. The van der Waals surface area contributed by atoms with Crippen molar-refractivity contribution in [2.45, 2.75) is 20.0 Å². The number of nitrogens with one attached hydrogen (secondary N) is 1. The van der Waals surface area contributed by atoms with E-state index in [4.69, 9.17) is 11.6 Å². The number of nitrogens with zero attached hydrogens (tertiary/aromatic N) is 2. The Morgan fingerprint density at radius 3 is 2.94 bits per heavy atom. The second-order valence-corrected chi connectivity index (χ2v) is 4.53. The molecule has 0 aliphatic carbocycles. The van der Waals surface area contributed by atoms with Gasteiger partial charge in [0.2, 0.25) is 0 Å². The van der Waals surface area contributed by atoms with Crippen LogP contribution in [0, 0.1) is 6.92 Å². The van der Waals surface area contributed by atoms with E-state index < -0.39 is 0 Å². The summed E-state index contributed by atoms with van der Waals surface area (Å²) in [6, 6.07) is 7.87. The maximum absolute atomic E-state index is 5.96. The summed E-state index contributed by atoms with van der Waals surface area (Å²) in [5.74, 6) is 0. The Morgan fingerprint density at radius 2 is 2.24 bits per heavy atom. The first-order valence-electron chi connectivity index (χ1n) is 5.61. The standard InChI is InChI=1S/C13H16ClN3/c1-10-12(7-15-2)9-17(16-10)8-11-4-3-5-13(14)6-11/h3-6,9,15H,7-8H2,1-2H3. The molecule has 1 aromatic heterocycles. The third-order valence-electron chi connectivity index (χ3n) is 2.65. The van der Waals surface area contributed by atoms with Gasteiger partial charge in [-0.25, -0.2) is 0 Å². The first kappa shape index (κ1) is 12.1. The molecule has 90 valence electrons. The summed E-state index contributed by atoms with van der Waals surface area (Å²) in [5, 5.41) is 8.39. The first-order chi connectivity index (χ1) is 8.19. The number of hydrogen-bond donors (Lipinski definition) is 1. The third kappa shape index (κ3) is 3.08. The monoisotopic (exact) mass is 249 g/mol. The Morgan fingerprint density at radius 1 is 1.41 bits per heavy atom. The summed E-state index contributed by atoms with van der Waals surface area (Å²) in [7, 11) is 1.94. The van der Waals surface area contributed by atoms with E-state index in [1.807, 2.05) is 36.9 Å². The summed E-state index contributed by atoms with van der Waals surface area (Å²) in [4.78, 5) is 0. The number of aryl methyl sites for hydroxylation is 1. The average Bonchev–Trinajstić information content (AvgIpc) is 2.60. The highest BCUT2D eigenvalue weighted by Gasteiger charge is 2.04. The van der Waals surface area contributed by atoms with E-state index >= 15 is 0 Å². The zero-order chi connectivity index (χ0) is 12.3. The maximum Gasteiger partial charge on any atom is 0.0660 e. The summed E-state index contributed by atoms with van der Waals surface area (Å²) < 4.78 is 1.95. The van der Waals surface area contributed by atoms with Crippen molar-refractivity contribution in [3.8, 4) is 0 Å². The summed E-state index contributed by atoms with van der Waals surface area (Å²) >= 11 is 5.96. The predicted molar refractivity (Wildman–Crippen MR) is 70.3 cm³/mol. The van der Waals surface area contributed by atoms with Gasteiger partial charge in [0.25, 0.3) is 0 Å². The van der Waals surface area contributed by atoms with Gasteiger partial charge in [0.1, 0.15) is 0 Å². The SMILES string of the molecule is CNCc1cn(Cc2cccc(Cl)c2)nc1C. The van der Waals surface area contributed by atoms with Crippen LogP contribution in [0.5, 0.6) is 0 Å². The van der Waals surface area contributed by atoms with E-state index in [0.29, 0.717) is 0 Å². The molecule has 0 radical (unpaired) electrons. The molecule has 3 nitrogen and oxygen atoms in total. The molecule has 0 bridgehead atoms. The zero-order valence-electron chi connectivity index (χ0n) is 10.1. The largest absolute Gasteiger partial charge is 0.316 e. The fraction of sp³-hybridized carbons (Fsp3) is 0.308. The smallest absolute Gasteiger partial charge is 0.0660 e. The van der Waals surface area contributed by atoms with E-state index in [1.54, 1.807) is 0 Å². The van der Waals surface area contributed by atoms with E-state index in [9.17, 15) is 0 Å². The Labute approximate surface area is 106 Å². The Kier molecular flexibility index (Phi) is 3.82. The van der Waals surface area contributed by atoms with Gasteiger partial charge in [-0.2, -0.15) is 5.10 Å². The fourth-order valence-corrected chi connectivity index (χ4v) is 2.04. The molecular weight excluding hydrogens is 234 g/mol. The van der Waals surface area contributed by atoms with Gasteiger partial charge < -0.3 is 5.32 Å². The van der Waals surface area contributed by atoms with Gasteiger partial charge in [-0.15, -0.1) is 0 Å². The molecule has 4 heteroatoms. The molecule has 2 aromatic rings. The molecule has 1 heterocycles. The molecule has 1 aromatic carbocycles. The molecule has 0 spiro atoms. The lowest BCUT2D eigenvalue weighted by molar-refractivity contribution is 0.679. The topological polar surface area (TPSA) is 29.9 Å². The van der Waals surface area contributed by atoms with E-state index in [1.165, 1.54) is 5.56 Å². The van der Waals surface area contributed by atoms with Gasteiger partial charge >= 0.3 is 0 Å². The van der Waals surface area contributed by atoms with Gasteiger partial charge in [0.15, 0.2) is 0 Å². The van der Waals surface area contributed by atoms with Crippen LogP contribution in [-0.2, 0) is 13.1 Å². The molecule has 0 amide bonds. The molecular formula is C13H16ClN3. The Balaban J connectivity index is 2.16. The minimum absolute atomic E-state index is 0.755. The predicted octanol–water partition coefficient (Wildman–Crippen LogP) is 2.61. The van der Waals surface area contributed by atoms with Crippen LogP contribution < -0.4 is 5.32 Å². The zero-order valence-corrected chi connectivity index (χ0v) is 10.8. The number of halogens is 1. The first-order valence-corrected chi connectivity index (χ1v) is 5.99. The quantitative estimate of drug-likeness (QED) is 0.903. The van der Waals surface area contributed by atoms with E-state index in [-0.39, 0.29) is 0 Å². The van der Waals surface area contributed by atoms with Crippen molar-refractivity contribution in [1.82, 2.24) is 15.1 Å². The van der Waals surface area contributed by atoms with Crippen molar-refractivity contribution in [2.75, 3.05) is 7.05 Å². The van der Waals surface area contributed by atoms with Crippen LogP contribution in [0.3, 0.4) is 0 Å². The van der Waals surface area contributed by atoms with Gasteiger partial charge in [-0.05, 0) is 31.7 Å². The van der Waals surface area contributed by atoms with Crippen LogP contribution in [0.4, 0.5) is 0 Å². The highest BCUT2D eigenvalue weighted by molar-refractivity contribution is 6.30. The third-order valence-corrected chi connectivity index (χ3v) is 2.88. The molecule has 0 aliphatic rings. The van der Waals surface area contributed by atoms with Crippen molar-refractivity contribution >= 4 is 11.6 Å². The molecule has 0 saturated heterocycles. The molecule has 2 rings (SSSR count). The molecule has 0 atom stereocenters. The lowest BCUT2D eigenvalue weighted by atomic mass is 10.2. The molecule has 1 N–H and O–H groups in total. The van der Waals surface area contributed by atoms with Crippen molar-refractivity contribution in [2.24, 2.45) is 0 Å². The Bertz CT molecular complexity index is 505. The van der Waals surface area contributed by atoms with Crippen LogP contribution in [0.1, 0.15) is 16.8 Å². The van der Waals surface area contributed by atoms with E-state index in [2.05, 4.69) is 22.7 Å². The molecule has 17 heavy (non-hydrogen) atoms. The van der Waals surface area contributed by atoms with Gasteiger partial charge in [0, 0.05) is 23.3 Å². The fourth-order valence-electron chi connectivity index (χ4n) is 1.83. The van der Waals surface area contributed by atoms with Crippen LogP contribution in [-0.4, -0.2) is 16.8 Å². The van der Waals surface area contributed by atoms with Crippen molar-refractivity contribution in [3.05, 3.63) is 52.3 Å². The molecule has 0 fully saturated rings. The maximum atomic E-state index is 5.96. The van der Waals surface area contributed by atoms with Gasteiger partial charge in [0.05, 0.1) is 12.2 Å². The van der Waals surface area contributed by atoms with Crippen molar-refractivity contribution in [3.63, 3.8) is 0 Å². The molecule has 0 unspecified atom stereocenters. The lowest BCUT2D eigenvalue weighted by Gasteiger charge is -2.02. The van der Waals surface area contributed by atoms with Crippen LogP contribution >= 0.6 is 11.6 Å². The summed E-state index contributed by atoms with van der Waals surface area (Å²) in [6.07, 6.45) is 2.08. The highest BCUT2D eigenvalue weighted by Crippen LogP contribution is 2.13. The van der Waals surface area contributed by atoms with Crippen LogP contribution in [0.15, 0.2) is 30.5 Å². The Hall–Kier alpha value is -1.32. The van der Waals surface area contributed by atoms with Gasteiger partial charge in [-0.1, -0.05) is 23.7 Å². The summed E-state index contributed by atoms with van der Waals surface area (Å²) in [6.45, 7) is 3.63. The number of aromatic nitrogens is 2. The number of hydrogen-bond acceptors (Lipinski definition) is 2. The van der Waals surface area contributed by atoms with Crippen LogP contribution in [0.25, 0.3) is 0 Å². The highest BCUT2D eigenvalue weighted by atomic mass is 35.5. The number of rotatable bonds is 4. The van der Waals surface area contributed by atoms with Crippen molar-refractivity contribution in [1.29, 1.82) is 0 Å². The van der Waals surface area contributed by atoms with E-state index in [0.717, 1.165) is 29.4 Å². The van der Waals surface area contributed by atoms with Crippen LogP contribution in [0.2, 0.25) is 5.02 Å². The number of benzene rings is 1. The lowest BCUT2D eigenvalue weighted by Crippen LogP contribution is -2.05. The van der Waals surface area contributed by atoms with Gasteiger partial charge in [-0.3, -0.25) is 4.68 Å². The second-order valence-electron chi connectivity index (χ2n) is 4.10. The second kappa shape index (κ2) is 5.34. The van der Waals surface area contributed by atoms with Crippen molar-refractivity contribution < 1.29 is 0 Å². The minimum Gasteiger partial charge on any atom is -0.316 e. The normalized spacial score (nSPS) is 10.8. The molecule has 0 aliphatic heterocycles. The summed E-state index contributed by atoms with van der Waals surface area (Å²) in [5.41, 5.74) is 3.46. The average molecular weight is 250 g/mol. The minimum atomic E-state index is 0.755.